The molecule has 1 aromatic heterocycles. The highest BCUT2D eigenvalue weighted by atomic mass is 14.6. The molecule has 1 heterocycles. The number of hydrogen-bond donors (Lipinski definition) is 0. The maximum Gasteiger partial charge on any atom is 0.0780 e. The second-order valence-corrected chi connectivity index (χ2v) is 3.29. The summed E-state index contributed by atoms with van der Waals surface area (Å²) in [7, 11) is 0. The van der Waals surface area contributed by atoms with E-state index in [4.69, 9.17) is 0 Å². The molecule has 0 saturated carbocycles. The van der Waals surface area contributed by atoms with E-state index < -0.39 is 0 Å². The van der Waals surface area contributed by atoms with Gasteiger partial charge in [0.1, 0.15) is 0 Å². The van der Waals surface area contributed by atoms with Gasteiger partial charge in [0, 0.05) is 23.0 Å². The quantitative estimate of drug-likeness (QED) is 0.482. The molecule has 0 atom stereocenters. The summed E-state index contributed by atoms with van der Waals surface area (Å²) in [5.74, 6) is 0. The smallest absolute Gasteiger partial charge is 0.0780 e. The molecule has 1 heteroatoms. The maximum atomic E-state index is 4.35. The van der Waals surface area contributed by atoms with Crippen molar-refractivity contribution in [3.8, 4) is 0 Å². The second kappa shape index (κ2) is 2.81. The minimum Gasteiger partial charge on any atom is -0.255 e. The van der Waals surface area contributed by atoms with Gasteiger partial charge in [-0.2, -0.15) is 0 Å². The van der Waals surface area contributed by atoms with E-state index in [2.05, 4.69) is 35.3 Å². The number of rotatable bonds is 0. The lowest BCUT2D eigenvalue weighted by molar-refractivity contribution is 1.42. The summed E-state index contributed by atoms with van der Waals surface area (Å²) in [6.07, 6.45) is 1.72. The Bertz CT molecular complexity index is 544. The first-order valence-corrected chi connectivity index (χ1v) is 4.59. The maximum absolute atomic E-state index is 4.35. The monoisotopic (exact) mass is 178 g/mol. The Hall–Kier alpha value is -1.89. The number of hydrogen-bond acceptors (Lipinski definition) is 1. The predicted octanol–water partition coefficient (Wildman–Crippen LogP) is 3.19. The third kappa shape index (κ3) is 0.990. The van der Waals surface area contributed by atoms with Crippen LogP contribution in [0, 0.1) is 6.07 Å². The third-order valence-electron chi connectivity index (χ3n) is 2.44. The molecule has 65 valence electrons. The minimum absolute atomic E-state index is 1.06. The van der Waals surface area contributed by atoms with Gasteiger partial charge < -0.3 is 0 Å². The van der Waals surface area contributed by atoms with E-state index in [1.807, 2.05) is 18.2 Å². The van der Waals surface area contributed by atoms with Crippen LogP contribution in [0.2, 0.25) is 0 Å². The molecule has 1 nitrogen and oxygen atoms in total. The van der Waals surface area contributed by atoms with Crippen molar-refractivity contribution in [3.63, 3.8) is 0 Å². The lowest BCUT2D eigenvalue weighted by Crippen LogP contribution is -1.80. The molecular formula is C13H8N. The summed E-state index contributed by atoms with van der Waals surface area (Å²) < 4.78 is 0. The van der Waals surface area contributed by atoms with Crippen molar-refractivity contribution in [2.24, 2.45) is 0 Å². The molecule has 0 aliphatic rings. The van der Waals surface area contributed by atoms with Crippen LogP contribution in [0.3, 0.4) is 0 Å². The SMILES string of the molecule is [c]1cnc2c(c1)ccc1ccccc12. The third-order valence-corrected chi connectivity index (χ3v) is 2.44. The van der Waals surface area contributed by atoms with E-state index in [-0.39, 0.29) is 0 Å². The number of nitrogens with zero attached hydrogens (tertiary/aromatic N) is 1. The Kier molecular flexibility index (Phi) is 1.51. The number of fused-ring (bicyclic) bond motifs is 3. The van der Waals surface area contributed by atoms with Gasteiger partial charge in [-0.05, 0) is 11.5 Å². The van der Waals surface area contributed by atoms with Crippen LogP contribution in [0.15, 0.2) is 48.7 Å². The van der Waals surface area contributed by atoms with E-state index in [1.54, 1.807) is 6.20 Å². The molecular weight excluding hydrogens is 170 g/mol. The van der Waals surface area contributed by atoms with Crippen molar-refractivity contribution in [1.29, 1.82) is 0 Å². The van der Waals surface area contributed by atoms with E-state index in [0.717, 1.165) is 10.9 Å². The van der Waals surface area contributed by atoms with Gasteiger partial charge >= 0.3 is 0 Å². The van der Waals surface area contributed by atoms with Crippen molar-refractivity contribution in [1.82, 2.24) is 4.98 Å². The van der Waals surface area contributed by atoms with Crippen molar-refractivity contribution in [2.45, 2.75) is 0 Å². The summed E-state index contributed by atoms with van der Waals surface area (Å²) in [4.78, 5) is 4.35. The summed E-state index contributed by atoms with van der Waals surface area (Å²) in [5.41, 5.74) is 1.06. The second-order valence-electron chi connectivity index (χ2n) is 3.29. The zero-order valence-corrected chi connectivity index (χ0v) is 7.57. The Labute approximate surface area is 82.0 Å². The highest BCUT2D eigenvalue weighted by molar-refractivity contribution is 6.04. The fourth-order valence-electron chi connectivity index (χ4n) is 1.76. The van der Waals surface area contributed by atoms with Gasteiger partial charge in [0.25, 0.3) is 0 Å². The van der Waals surface area contributed by atoms with Crippen LogP contribution >= 0.6 is 0 Å². The van der Waals surface area contributed by atoms with Crippen molar-refractivity contribution >= 4 is 21.7 Å². The fraction of sp³-hybridized carbons (Fsp3) is 0. The number of benzene rings is 2. The molecule has 3 aromatic rings. The molecule has 0 saturated heterocycles. The first-order chi connectivity index (χ1) is 6.95. The average Bonchev–Trinajstić information content (AvgIpc) is 2.29. The first kappa shape index (κ1) is 7.51. The van der Waals surface area contributed by atoms with E-state index in [0.29, 0.717) is 0 Å². The molecule has 0 aliphatic heterocycles. The van der Waals surface area contributed by atoms with Gasteiger partial charge in [-0.15, -0.1) is 0 Å². The number of pyridine rings is 1. The van der Waals surface area contributed by atoms with Gasteiger partial charge in [0.05, 0.1) is 5.52 Å². The topological polar surface area (TPSA) is 12.9 Å². The van der Waals surface area contributed by atoms with Crippen LogP contribution in [0.4, 0.5) is 0 Å². The van der Waals surface area contributed by atoms with Crippen molar-refractivity contribution in [2.75, 3.05) is 0 Å². The van der Waals surface area contributed by atoms with Gasteiger partial charge in [-0.25, -0.2) is 0 Å². The van der Waals surface area contributed by atoms with Gasteiger partial charge in [-0.3, -0.25) is 4.98 Å². The van der Waals surface area contributed by atoms with Crippen LogP contribution in [-0.4, -0.2) is 4.98 Å². The molecule has 0 fully saturated rings. The van der Waals surface area contributed by atoms with Crippen LogP contribution in [0.25, 0.3) is 21.7 Å². The standard InChI is InChI=1S/C13H8N/c1-2-6-12-10(4-1)7-8-11-5-3-9-14-13(11)12/h1-2,4-9H. The van der Waals surface area contributed by atoms with Gasteiger partial charge in [0.15, 0.2) is 0 Å². The molecule has 0 amide bonds. The van der Waals surface area contributed by atoms with E-state index in [1.165, 1.54) is 10.8 Å². The molecule has 0 bridgehead atoms. The van der Waals surface area contributed by atoms with Crippen LogP contribution in [-0.2, 0) is 0 Å². The Morgan fingerprint density at radius 2 is 1.79 bits per heavy atom. The van der Waals surface area contributed by atoms with Crippen molar-refractivity contribution < 1.29 is 0 Å². The average molecular weight is 178 g/mol. The van der Waals surface area contributed by atoms with Crippen LogP contribution in [0.1, 0.15) is 0 Å². The summed E-state index contributed by atoms with van der Waals surface area (Å²) >= 11 is 0. The molecule has 1 radical (unpaired) electrons. The predicted molar refractivity (Wildman–Crippen MR) is 58.1 cm³/mol. The van der Waals surface area contributed by atoms with E-state index in [9.17, 15) is 0 Å². The Morgan fingerprint density at radius 3 is 2.79 bits per heavy atom. The van der Waals surface area contributed by atoms with Gasteiger partial charge in [0.2, 0.25) is 0 Å². The lowest BCUT2D eigenvalue weighted by Gasteiger charge is -2.01. The first-order valence-electron chi connectivity index (χ1n) is 4.59. The Balaban J connectivity index is 2.61. The highest BCUT2D eigenvalue weighted by Gasteiger charge is 1.98. The molecule has 0 N–H and O–H groups in total. The number of aromatic nitrogens is 1. The highest BCUT2D eigenvalue weighted by Crippen LogP contribution is 2.22. The fourth-order valence-corrected chi connectivity index (χ4v) is 1.76. The zero-order valence-electron chi connectivity index (χ0n) is 7.57. The normalized spacial score (nSPS) is 10.9. The summed E-state index contributed by atoms with van der Waals surface area (Å²) in [5, 5.41) is 3.59. The summed E-state index contributed by atoms with van der Waals surface area (Å²) in [6.45, 7) is 0. The minimum atomic E-state index is 1.06. The molecule has 0 spiro atoms. The van der Waals surface area contributed by atoms with Crippen molar-refractivity contribution in [3.05, 3.63) is 54.7 Å². The molecule has 2 aromatic carbocycles. The zero-order chi connectivity index (χ0) is 9.38. The lowest BCUT2D eigenvalue weighted by atomic mass is 10.1. The van der Waals surface area contributed by atoms with Crippen LogP contribution < -0.4 is 0 Å². The Morgan fingerprint density at radius 1 is 0.929 bits per heavy atom. The van der Waals surface area contributed by atoms with Gasteiger partial charge in [-0.1, -0.05) is 36.4 Å². The molecule has 14 heavy (non-hydrogen) atoms. The van der Waals surface area contributed by atoms with Crippen LogP contribution in [0.5, 0.6) is 0 Å². The molecule has 0 unspecified atom stereocenters. The van der Waals surface area contributed by atoms with E-state index >= 15 is 0 Å². The largest absolute Gasteiger partial charge is 0.255 e. The molecule has 3 rings (SSSR count). The molecule has 0 aliphatic carbocycles. The summed E-state index contributed by atoms with van der Waals surface area (Å²) in [6, 6.07) is 17.5.